The molecule has 11 heavy (non-hydrogen) atoms. The number of rotatable bonds is 0. The van der Waals surface area contributed by atoms with Crippen LogP contribution in [0.1, 0.15) is 34.6 Å². The van der Waals surface area contributed by atoms with Crippen molar-refractivity contribution in [3.63, 3.8) is 0 Å². The molecule has 1 unspecified atom stereocenters. The van der Waals surface area contributed by atoms with E-state index < -0.39 is 0 Å². The van der Waals surface area contributed by atoms with Crippen molar-refractivity contribution in [1.82, 2.24) is 0 Å². The molecule has 66 valence electrons. The van der Waals surface area contributed by atoms with E-state index in [0.29, 0.717) is 6.79 Å². The molecule has 2 heteroatoms. The van der Waals surface area contributed by atoms with Crippen LogP contribution in [0.4, 0.5) is 0 Å². The van der Waals surface area contributed by atoms with E-state index in [2.05, 4.69) is 34.6 Å². The first-order valence-electron chi connectivity index (χ1n) is 4.13. The standard InChI is InChI=1S/C9H18O2/c1-7-8(2,3)9(4,5)11-6-10-7/h7H,6H2,1-5H3. The van der Waals surface area contributed by atoms with E-state index in [9.17, 15) is 0 Å². The molecule has 0 N–H and O–H groups in total. The van der Waals surface area contributed by atoms with Gasteiger partial charge < -0.3 is 9.47 Å². The third-order valence-electron chi connectivity index (χ3n) is 3.31. The van der Waals surface area contributed by atoms with Crippen molar-refractivity contribution in [3.05, 3.63) is 0 Å². The fourth-order valence-corrected chi connectivity index (χ4v) is 1.17. The zero-order valence-corrected chi connectivity index (χ0v) is 8.10. The van der Waals surface area contributed by atoms with Gasteiger partial charge in [0.05, 0.1) is 11.7 Å². The van der Waals surface area contributed by atoms with Gasteiger partial charge in [0.2, 0.25) is 0 Å². The van der Waals surface area contributed by atoms with Gasteiger partial charge in [0.15, 0.2) is 0 Å². The summed E-state index contributed by atoms with van der Waals surface area (Å²) in [4.78, 5) is 0. The van der Waals surface area contributed by atoms with Crippen LogP contribution in [0.25, 0.3) is 0 Å². The zero-order chi connectivity index (χ0) is 8.70. The first-order chi connectivity index (χ1) is 4.88. The number of hydrogen-bond acceptors (Lipinski definition) is 2. The Kier molecular flexibility index (Phi) is 2.01. The summed E-state index contributed by atoms with van der Waals surface area (Å²) in [6.45, 7) is 11.1. The van der Waals surface area contributed by atoms with Crippen LogP contribution in [-0.2, 0) is 9.47 Å². The van der Waals surface area contributed by atoms with Crippen molar-refractivity contribution in [3.8, 4) is 0 Å². The molecule has 2 nitrogen and oxygen atoms in total. The summed E-state index contributed by atoms with van der Waals surface area (Å²) in [7, 11) is 0. The Labute approximate surface area is 68.9 Å². The lowest BCUT2D eigenvalue weighted by Gasteiger charge is -2.48. The summed E-state index contributed by atoms with van der Waals surface area (Å²) < 4.78 is 10.9. The van der Waals surface area contributed by atoms with Gasteiger partial charge in [0, 0.05) is 5.41 Å². The Morgan fingerprint density at radius 3 is 2.09 bits per heavy atom. The Bertz CT molecular complexity index is 150. The Morgan fingerprint density at radius 1 is 1.18 bits per heavy atom. The number of ether oxygens (including phenoxy) is 2. The van der Waals surface area contributed by atoms with Crippen LogP contribution < -0.4 is 0 Å². The SMILES string of the molecule is CC1OCOC(C)(C)C1(C)C. The van der Waals surface area contributed by atoms with E-state index in [4.69, 9.17) is 9.47 Å². The predicted molar refractivity (Wildman–Crippen MR) is 44.4 cm³/mol. The van der Waals surface area contributed by atoms with E-state index in [1.165, 1.54) is 0 Å². The van der Waals surface area contributed by atoms with E-state index in [-0.39, 0.29) is 17.1 Å². The normalized spacial score (nSPS) is 35.2. The molecule has 0 aromatic carbocycles. The minimum atomic E-state index is -0.0787. The molecule has 0 aromatic rings. The lowest BCUT2D eigenvalue weighted by Crippen LogP contribution is -2.53. The first-order valence-corrected chi connectivity index (χ1v) is 4.13. The van der Waals surface area contributed by atoms with Crippen LogP contribution in [0, 0.1) is 5.41 Å². The molecule has 0 aliphatic carbocycles. The fraction of sp³-hybridized carbons (Fsp3) is 1.00. The second-order valence-corrected chi connectivity index (χ2v) is 4.30. The van der Waals surface area contributed by atoms with Crippen molar-refractivity contribution in [2.45, 2.75) is 46.3 Å². The van der Waals surface area contributed by atoms with Gasteiger partial charge >= 0.3 is 0 Å². The predicted octanol–water partition coefficient (Wildman–Crippen LogP) is 2.18. The molecular formula is C9H18O2. The zero-order valence-electron chi connectivity index (χ0n) is 8.10. The van der Waals surface area contributed by atoms with Crippen LogP contribution in [0.5, 0.6) is 0 Å². The third-order valence-corrected chi connectivity index (χ3v) is 3.31. The summed E-state index contributed by atoms with van der Waals surface area (Å²) in [5.41, 5.74) is 0.00984. The van der Waals surface area contributed by atoms with Crippen molar-refractivity contribution >= 4 is 0 Å². The second-order valence-electron chi connectivity index (χ2n) is 4.30. The number of hydrogen-bond donors (Lipinski definition) is 0. The molecule has 1 aliphatic heterocycles. The van der Waals surface area contributed by atoms with Crippen LogP contribution in [-0.4, -0.2) is 18.5 Å². The second kappa shape index (κ2) is 2.46. The fourth-order valence-electron chi connectivity index (χ4n) is 1.17. The summed E-state index contributed by atoms with van der Waals surface area (Å²) >= 11 is 0. The lowest BCUT2D eigenvalue weighted by molar-refractivity contribution is -0.271. The summed E-state index contributed by atoms with van der Waals surface area (Å²) in [5, 5.41) is 0. The van der Waals surface area contributed by atoms with Gasteiger partial charge in [-0.25, -0.2) is 0 Å². The van der Waals surface area contributed by atoms with Gasteiger partial charge in [0.25, 0.3) is 0 Å². The largest absolute Gasteiger partial charge is 0.352 e. The van der Waals surface area contributed by atoms with Gasteiger partial charge in [-0.15, -0.1) is 0 Å². The van der Waals surface area contributed by atoms with Crippen molar-refractivity contribution in [2.75, 3.05) is 6.79 Å². The summed E-state index contributed by atoms with van der Waals surface area (Å²) in [5.74, 6) is 0. The molecule has 1 aliphatic rings. The molecule has 1 saturated heterocycles. The highest BCUT2D eigenvalue weighted by atomic mass is 16.7. The van der Waals surface area contributed by atoms with Crippen LogP contribution in [0.15, 0.2) is 0 Å². The summed E-state index contributed by atoms with van der Waals surface area (Å²) in [6.07, 6.45) is 0.270. The van der Waals surface area contributed by atoms with Gasteiger partial charge in [-0.05, 0) is 20.8 Å². The third kappa shape index (κ3) is 1.30. The van der Waals surface area contributed by atoms with Crippen molar-refractivity contribution in [1.29, 1.82) is 0 Å². The first kappa shape index (κ1) is 9.01. The Balaban J connectivity index is 2.82. The average Bonchev–Trinajstić information content (AvgIpc) is 1.84. The van der Waals surface area contributed by atoms with Gasteiger partial charge in [-0.3, -0.25) is 0 Å². The maximum Gasteiger partial charge on any atom is 0.147 e. The topological polar surface area (TPSA) is 18.5 Å². The maximum atomic E-state index is 5.53. The minimum absolute atomic E-state index is 0.0787. The minimum Gasteiger partial charge on any atom is -0.352 e. The average molecular weight is 158 g/mol. The molecule has 1 heterocycles. The Morgan fingerprint density at radius 2 is 1.73 bits per heavy atom. The van der Waals surface area contributed by atoms with E-state index >= 15 is 0 Å². The van der Waals surface area contributed by atoms with Crippen molar-refractivity contribution in [2.24, 2.45) is 5.41 Å². The Hall–Kier alpha value is -0.0800. The van der Waals surface area contributed by atoms with Gasteiger partial charge in [0.1, 0.15) is 6.79 Å². The highest BCUT2D eigenvalue weighted by Gasteiger charge is 2.45. The summed E-state index contributed by atoms with van der Waals surface area (Å²) in [6, 6.07) is 0. The van der Waals surface area contributed by atoms with E-state index in [0.717, 1.165) is 0 Å². The molecule has 0 aromatic heterocycles. The molecule has 0 saturated carbocycles. The quantitative estimate of drug-likeness (QED) is 0.538. The van der Waals surface area contributed by atoms with Gasteiger partial charge in [-0.1, -0.05) is 13.8 Å². The smallest absolute Gasteiger partial charge is 0.147 e. The van der Waals surface area contributed by atoms with E-state index in [1.54, 1.807) is 0 Å². The lowest BCUT2D eigenvalue weighted by atomic mass is 9.72. The molecule has 1 rings (SSSR count). The van der Waals surface area contributed by atoms with Crippen LogP contribution >= 0.6 is 0 Å². The molecule has 0 bridgehead atoms. The monoisotopic (exact) mass is 158 g/mol. The van der Waals surface area contributed by atoms with Crippen LogP contribution in [0.3, 0.4) is 0 Å². The van der Waals surface area contributed by atoms with Crippen LogP contribution in [0.2, 0.25) is 0 Å². The molecule has 0 spiro atoms. The highest BCUT2D eigenvalue weighted by molar-refractivity contribution is 4.93. The maximum absolute atomic E-state index is 5.53. The molecule has 1 atom stereocenters. The van der Waals surface area contributed by atoms with E-state index in [1.807, 2.05) is 0 Å². The highest BCUT2D eigenvalue weighted by Crippen LogP contribution is 2.41. The molecule has 0 amide bonds. The van der Waals surface area contributed by atoms with Gasteiger partial charge in [-0.2, -0.15) is 0 Å². The van der Waals surface area contributed by atoms with Crippen molar-refractivity contribution < 1.29 is 9.47 Å². The molecule has 0 radical (unpaired) electrons. The molecular weight excluding hydrogens is 140 g/mol. The molecule has 1 fully saturated rings.